The first-order valence-corrected chi connectivity index (χ1v) is 13.0. The van der Waals surface area contributed by atoms with Crippen LogP contribution in [0.25, 0.3) is 0 Å². The predicted octanol–water partition coefficient (Wildman–Crippen LogP) is 2.91. The number of aliphatic carboxylic acids is 3. The normalized spacial score (nSPS) is 22.3. The zero-order chi connectivity index (χ0) is 25.0. The van der Waals surface area contributed by atoms with E-state index in [9.17, 15) is 29.7 Å². The van der Waals surface area contributed by atoms with Gasteiger partial charge in [-0.15, -0.1) is 0 Å². The first kappa shape index (κ1) is 33.0. The molecule has 3 aliphatic carbocycles. The van der Waals surface area contributed by atoms with E-state index in [2.05, 4.69) is 20.8 Å². The molecule has 0 aromatic carbocycles. The Balaban J connectivity index is 0.000000473. The molecule has 0 amide bonds. The summed E-state index contributed by atoms with van der Waals surface area (Å²) in [6.07, 6.45) is 18.0. The van der Waals surface area contributed by atoms with Gasteiger partial charge >= 0.3 is 19.8 Å². The van der Waals surface area contributed by atoms with Gasteiger partial charge in [-0.25, -0.2) is 0 Å². The van der Waals surface area contributed by atoms with Gasteiger partial charge < -0.3 is 29.7 Å². The third-order valence-corrected chi connectivity index (χ3v) is 7.90. The Morgan fingerprint density at radius 1 is 0.471 bits per heavy atom. The fraction of sp³-hybridized carbons (Fsp3) is 0.889. The molecular weight excluding hydrogens is 490 g/mol. The molecule has 0 heterocycles. The second kappa shape index (κ2) is 15.9. The van der Waals surface area contributed by atoms with Crippen molar-refractivity contribution in [3.8, 4) is 0 Å². The van der Waals surface area contributed by atoms with Crippen molar-refractivity contribution in [2.24, 2.45) is 16.2 Å². The monoisotopic (exact) mass is 534 g/mol. The number of carbonyl (C=O) groups excluding carboxylic acids is 3. The Bertz CT molecular complexity index is 529. The summed E-state index contributed by atoms with van der Waals surface area (Å²) in [6.45, 7) is 6.17. The molecule has 0 atom stereocenters. The van der Waals surface area contributed by atoms with E-state index in [1.807, 2.05) is 0 Å². The number of hydrogen-bond donors (Lipinski definition) is 0. The van der Waals surface area contributed by atoms with Crippen molar-refractivity contribution >= 4 is 37.7 Å². The van der Waals surface area contributed by atoms with Crippen LogP contribution in [-0.2, 0) is 14.4 Å². The average molecular weight is 535 g/mol. The number of carboxylic acid groups (broad SMARTS) is 3. The van der Waals surface area contributed by atoms with Gasteiger partial charge in [0.2, 0.25) is 0 Å². The van der Waals surface area contributed by atoms with Gasteiger partial charge in [-0.1, -0.05) is 78.6 Å². The van der Waals surface area contributed by atoms with Crippen LogP contribution in [0.3, 0.4) is 0 Å². The van der Waals surface area contributed by atoms with Gasteiger partial charge in [0.15, 0.2) is 0 Å². The van der Waals surface area contributed by atoms with Crippen molar-refractivity contribution in [1.82, 2.24) is 0 Å². The van der Waals surface area contributed by atoms with Gasteiger partial charge in [0, 0.05) is 17.9 Å². The molecular formula is C27H45GaO6. The van der Waals surface area contributed by atoms with E-state index in [0.717, 1.165) is 38.5 Å². The van der Waals surface area contributed by atoms with Crippen molar-refractivity contribution < 1.29 is 29.7 Å². The van der Waals surface area contributed by atoms with E-state index in [0.29, 0.717) is 0 Å². The van der Waals surface area contributed by atoms with Crippen LogP contribution in [0, 0.1) is 16.2 Å². The summed E-state index contributed by atoms with van der Waals surface area (Å²) in [5.41, 5.74) is 0.116. The quantitative estimate of drug-likeness (QED) is 0.483. The molecule has 0 unspecified atom stereocenters. The molecule has 0 bridgehead atoms. The Labute approximate surface area is 219 Å². The van der Waals surface area contributed by atoms with Gasteiger partial charge in [0.25, 0.3) is 0 Å². The molecule has 3 fully saturated rings. The van der Waals surface area contributed by atoms with E-state index in [4.69, 9.17) is 0 Å². The van der Waals surface area contributed by atoms with Gasteiger partial charge in [-0.2, -0.15) is 0 Å². The molecule has 6 nitrogen and oxygen atoms in total. The van der Waals surface area contributed by atoms with Crippen LogP contribution >= 0.6 is 0 Å². The van der Waals surface area contributed by atoms with Crippen LogP contribution in [0.1, 0.15) is 136 Å². The number of rotatable bonds is 6. The Morgan fingerprint density at radius 3 is 0.794 bits per heavy atom. The predicted molar refractivity (Wildman–Crippen MR) is 128 cm³/mol. The fourth-order valence-electron chi connectivity index (χ4n) is 5.79. The van der Waals surface area contributed by atoms with E-state index in [-0.39, 0.29) is 55.3 Å². The molecule has 0 aromatic rings. The van der Waals surface area contributed by atoms with E-state index >= 15 is 0 Å². The maximum absolute atomic E-state index is 10.4. The topological polar surface area (TPSA) is 120 Å². The van der Waals surface area contributed by atoms with Gasteiger partial charge in [0.05, 0.1) is 0 Å². The third kappa shape index (κ3) is 14.4. The summed E-state index contributed by atoms with van der Waals surface area (Å²) in [5.74, 6) is -2.68. The molecule has 3 saturated carbocycles. The molecule has 192 valence electrons. The van der Waals surface area contributed by atoms with Crippen molar-refractivity contribution in [1.29, 1.82) is 0 Å². The molecule has 34 heavy (non-hydrogen) atoms. The van der Waals surface area contributed by atoms with Crippen LogP contribution in [0.4, 0.5) is 0 Å². The summed E-state index contributed by atoms with van der Waals surface area (Å²) in [4.78, 5) is 31.1. The third-order valence-electron chi connectivity index (χ3n) is 7.90. The maximum atomic E-state index is 10.4. The van der Waals surface area contributed by atoms with E-state index in [1.54, 1.807) is 0 Å². The fourth-order valence-corrected chi connectivity index (χ4v) is 5.79. The van der Waals surface area contributed by atoms with Gasteiger partial charge in [0.1, 0.15) is 0 Å². The average Bonchev–Trinajstić information content (AvgIpc) is 2.68. The Morgan fingerprint density at radius 2 is 0.647 bits per heavy atom. The first-order valence-electron chi connectivity index (χ1n) is 13.0. The molecule has 0 spiro atoms. The minimum Gasteiger partial charge on any atom is -0.550 e. The zero-order valence-electron chi connectivity index (χ0n) is 21.8. The molecule has 0 aliphatic heterocycles. The zero-order valence-corrected chi connectivity index (χ0v) is 24.2. The van der Waals surface area contributed by atoms with Gasteiger partial charge in [-0.3, -0.25) is 0 Å². The van der Waals surface area contributed by atoms with Crippen LogP contribution < -0.4 is 15.3 Å². The first-order chi connectivity index (χ1) is 15.4. The second-order valence-corrected chi connectivity index (χ2v) is 11.8. The number of carbonyl (C=O) groups is 3. The molecule has 0 saturated heterocycles. The van der Waals surface area contributed by atoms with Crippen molar-refractivity contribution in [2.45, 2.75) is 136 Å². The molecule has 0 aromatic heterocycles. The summed E-state index contributed by atoms with van der Waals surface area (Å²) in [5, 5.41) is 31.1. The maximum Gasteiger partial charge on any atom is 3.00 e. The summed E-state index contributed by atoms with van der Waals surface area (Å²) >= 11 is 0. The number of carboxylic acids is 3. The SMILES string of the molecule is CC1(CC(=O)[O-])CCCCC1.CC1(CC(=O)[O-])CCCCC1.CC1(CC(=O)[O-])CCCCC1.[Ga+3]. The summed E-state index contributed by atoms with van der Waals surface area (Å²) in [7, 11) is 0. The standard InChI is InChI=1S/3C9H16O2.Ga/c3*1-9(7-8(10)11)5-3-2-4-6-9;/h3*2-7H2,1H3,(H,10,11);/q;;;+3/p-3. The largest absolute Gasteiger partial charge is 3.00 e. The van der Waals surface area contributed by atoms with Crippen molar-refractivity contribution in [2.75, 3.05) is 0 Å². The van der Waals surface area contributed by atoms with E-state index < -0.39 is 17.9 Å². The molecule has 0 N–H and O–H groups in total. The Hall–Kier alpha value is -0.954. The van der Waals surface area contributed by atoms with Crippen LogP contribution in [0.15, 0.2) is 0 Å². The van der Waals surface area contributed by atoms with Crippen molar-refractivity contribution in [3.63, 3.8) is 0 Å². The minimum atomic E-state index is -0.894. The summed E-state index contributed by atoms with van der Waals surface area (Å²) < 4.78 is 0. The second-order valence-electron chi connectivity index (χ2n) is 11.8. The Kier molecular flexibility index (Phi) is 15.5. The van der Waals surface area contributed by atoms with E-state index in [1.165, 1.54) is 57.8 Å². The molecule has 3 rings (SSSR count). The smallest absolute Gasteiger partial charge is 0.550 e. The molecule has 0 radical (unpaired) electrons. The van der Waals surface area contributed by atoms with Crippen molar-refractivity contribution in [3.05, 3.63) is 0 Å². The molecule has 7 heteroatoms. The molecule has 3 aliphatic rings. The minimum absolute atomic E-state index is 0. The summed E-state index contributed by atoms with van der Waals surface area (Å²) in [6, 6.07) is 0. The van der Waals surface area contributed by atoms with Crippen LogP contribution in [0.5, 0.6) is 0 Å². The van der Waals surface area contributed by atoms with Gasteiger partial charge in [-0.05, 0) is 74.0 Å². The van der Waals surface area contributed by atoms with Crippen LogP contribution in [0.2, 0.25) is 0 Å². The number of hydrogen-bond acceptors (Lipinski definition) is 6. The van der Waals surface area contributed by atoms with Crippen LogP contribution in [-0.4, -0.2) is 37.7 Å².